The third-order valence-corrected chi connectivity index (χ3v) is 3.03. The molecule has 0 atom stereocenters. The van der Waals surface area contributed by atoms with Gasteiger partial charge in [-0.2, -0.15) is 0 Å². The Kier molecular flexibility index (Phi) is 4.04. The van der Waals surface area contributed by atoms with Gasteiger partial charge in [0.15, 0.2) is 0 Å². The third kappa shape index (κ3) is 2.92. The highest BCUT2D eigenvalue weighted by molar-refractivity contribution is 6.32. The Morgan fingerprint density at radius 1 is 1.33 bits per heavy atom. The Bertz CT molecular complexity index is 575. The molecular formula is C13H10Cl2FNO. The van der Waals surface area contributed by atoms with E-state index in [0.717, 1.165) is 5.56 Å². The third-order valence-electron chi connectivity index (χ3n) is 2.41. The Morgan fingerprint density at radius 2 is 2.11 bits per heavy atom. The van der Waals surface area contributed by atoms with Crippen LogP contribution in [-0.4, -0.2) is 4.98 Å². The molecule has 18 heavy (non-hydrogen) atoms. The molecule has 0 amide bonds. The van der Waals surface area contributed by atoms with Gasteiger partial charge in [0, 0.05) is 18.1 Å². The maximum atomic E-state index is 13.1. The van der Waals surface area contributed by atoms with E-state index in [2.05, 4.69) is 4.98 Å². The fraction of sp³-hybridized carbons (Fsp3) is 0.154. The van der Waals surface area contributed by atoms with Crippen LogP contribution in [0.5, 0.6) is 11.6 Å². The summed E-state index contributed by atoms with van der Waals surface area (Å²) in [4.78, 5) is 4.03. The van der Waals surface area contributed by atoms with Crippen LogP contribution in [-0.2, 0) is 5.88 Å². The van der Waals surface area contributed by atoms with Crippen molar-refractivity contribution in [1.82, 2.24) is 4.98 Å². The van der Waals surface area contributed by atoms with Crippen molar-refractivity contribution >= 4 is 23.2 Å². The van der Waals surface area contributed by atoms with Crippen molar-refractivity contribution in [2.24, 2.45) is 0 Å². The summed E-state index contributed by atoms with van der Waals surface area (Å²) in [6.07, 6.45) is 1.48. The van der Waals surface area contributed by atoms with Crippen molar-refractivity contribution in [1.29, 1.82) is 0 Å². The standard InChI is InChI=1S/C13H10Cl2FNO/c1-8-4-10(2-3-12(8)16)18-13-5-9(6-14)11(15)7-17-13/h2-5,7H,6H2,1H3. The molecule has 2 nitrogen and oxygen atoms in total. The molecule has 2 rings (SSSR count). The zero-order valence-corrected chi connectivity index (χ0v) is 11.1. The highest BCUT2D eigenvalue weighted by atomic mass is 35.5. The van der Waals surface area contributed by atoms with Crippen LogP contribution in [0.3, 0.4) is 0 Å². The molecule has 0 bridgehead atoms. The second-order valence-corrected chi connectivity index (χ2v) is 4.44. The molecule has 0 aliphatic heterocycles. The van der Waals surface area contributed by atoms with Gasteiger partial charge in [-0.05, 0) is 36.2 Å². The molecule has 1 aromatic carbocycles. The number of hydrogen-bond acceptors (Lipinski definition) is 2. The lowest BCUT2D eigenvalue weighted by atomic mass is 10.2. The van der Waals surface area contributed by atoms with E-state index in [1.807, 2.05) is 0 Å². The molecule has 0 saturated heterocycles. The van der Waals surface area contributed by atoms with E-state index in [1.54, 1.807) is 25.1 Å². The van der Waals surface area contributed by atoms with Crippen LogP contribution >= 0.6 is 23.2 Å². The number of aromatic nitrogens is 1. The highest BCUT2D eigenvalue weighted by Crippen LogP contribution is 2.25. The van der Waals surface area contributed by atoms with Gasteiger partial charge in [0.05, 0.1) is 5.02 Å². The van der Waals surface area contributed by atoms with Crippen LogP contribution in [0, 0.1) is 12.7 Å². The van der Waals surface area contributed by atoms with Crippen LogP contribution in [0.4, 0.5) is 4.39 Å². The first-order chi connectivity index (χ1) is 8.60. The van der Waals surface area contributed by atoms with Crippen molar-refractivity contribution in [3.05, 3.63) is 52.4 Å². The maximum absolute atomic E-state index is 13.1. The van der Waals surface area contributed by atoms with Crippen LogP contribution in [0.15, 0.2) is 30.5 Å². The molecule has 0 fully saturated rings. The van der Waals surface area contributed by atoms with Crippen LogP contribution in [0.1, 0.15) is 11.1 Å². The zero-order valence-electron chi connectivity index (χ0n) is 9.58. The molecule has 0 N–H and O–H groups in total. The summed E-state index contributed by atoms with van der Waals surface area (Å²) in [6, 6.07) is 6.15. The van der Waals surface area contributed by atoms with E-state index >= 15 is 0 Å². The number of rotatable bonds is 3. The largest absolute Gasteiger partial charge is 0.439 e. The van der Waals surface area contributed by atoms with E-state index in [1.165, 1.54) is 12.3 Å². The summed E-state index contributed by atoms with van der Waals surface area (Å²) in [5.74, 6) is 0.901. The number of hydrogen-bond donors (Lipinski definition) is 0. The highest BCUT2D eigenvalue weighted by Gasteiger charge is 2.06. The van der Waals surface area contributed by atoms with E-state index in [4.69, 9.17) is 27.9 Å². The number of alkyl halides is 1. The molecule has 0 radical (unpaired) electrons. The Balaban J connectivity index is 2.25. The second kappa shape index (κ2) is 5.55. The minimum absolute atomic E-state index is 0.270. The van der Waals surface area contributed by atoms with Crippen molar-refractivity contribution in [3.63, 3.8) is 0 Å². The fourth-order valence-electron chi connectivity index (χ4n) is 1.42. The van der Waals surface area contributed by atoms with Gasteiger partial charge in [-0.3, -0.25) is 0 Å². The van der Waals surface area contributed by atoms with Crippen LogP contribution in [0.25, 0.3) is 0 Å². The number of ether oxygens (including phenoxy) is 1. The number of aryl methyl sites for hydroxylation is 1. The normalized spacial score (nSPS) is 10.4. The predicted molar refractivity (Wildman–Crippen MR) is 70.0 cm³/mol. The van der Waals surface area contributed by atoms with Gasteiger partial charge in [-0.15, -0.1) is 11.6 Å². The summed E-state index contributed by atoms with van der Waals surface area (Å²) < 4.78 is 18.6. The van der Waals surface area contributed by atoms with Gasteiger partial charge in [-0.25, -0.2) is 9.37 Å². The lowest BCUT2D eigenvalue weighted by Crippen LogP contribution is -1.92. The van der Waals surface area contributed by atoms with Gasteiger partial charge in [0.1, 0.15) is 11.6 Å². The van der Waals surface area contributed by atoms with Gasteiger partial charge >= 0.3 is 0 Å². The van der Waals surface area contributed by atoms with Crippen molar-refractivity contribution in [2.45, 2.75) is 12.8 Å². The van der Waals surface area contributed by atoms with E-state index in [-0.39, 0.29) is 11.7 Å². The van der Waals surface area contributed by atoms with Gasteiger partial charge in [0.2, 0.25) is 5.88 Å². The van der Waals surface area contributed by atoms with Crippen molar-refractivity contribution in [3.8, 4) is 11.6 Å². The molecule has 94 valence electrons. The molecule has 0 spiro atoms. The van der Waals surface area contributed by atoms with E-state index in [0.29, 0.717) is 22.2 Å². The van der Waals surface area contributed by atoms with Gasteiger partial charge < -0.3 is 4.74 Å². The summed E-state index contributed by atoms with van der Waals surface area (Å²) in [5.41, 5.74) is 1.25. The quantitative estimate of drug-likeness (QED) is 0.762. The SMILES string of the molecule is Cc1cc(Oc2cc(CCl)c(Cl)cn2)ccc1F. The smallest absolute Gasteiger partial charge is 0.219 e. The number of benzene rings is 1. The number of halogens is 3. The van der Waals surface area contributed by atoms with Gasteiger partial charge in [0.25, 0.3) is 0 Å². The molecule has 5 heteroatoms. The van der Waals surface area contributed by atoms with E-state index < -0.39 is 0 Å². The molecular weight excluding hydrogens is 276 g/mol. The summed E-state index contributed by atoms with van der Waals surface area (Å²) >= 11 is 11.6. The first-order valence-corrected chi connectivity index (χ1v) is 6.16. The molecule has 0 saturated carbocycles. The minimum atomic E-state index is -0.270. The van der Waals surface area contributed by atoms with Crippen molar-refractivity contribution in [2.75, 3.05) is 0 Å². The zero-order chi connectivity index (χ0) is 13.1. The Hall–Kier alpha value is -1.32. The molecule has 0 aliphatic carbocycles. The molecule has 0 unspecified atom stereocenters. The van der Waals surface area contributed by atoms with E-state index in [9.17, 15) is 4.39 Å². The average Bonchev–Trinajstić information content (AvgIpc) is 2.36. The van der Waals surface area contributed by atoms with Gasteiger partial charge in [-0.1, -0.05) is 11.6 Å². The molecule has 1 aromatic heterocycles. The summed E-state index contributed by atoms with van der Waals surface area (Å²) in [5, 5.41) is 0.493. The first kappa shape index (κ1) is 13.1. The number of nitrogens with zero attached hydrogens (tertiary/aromatic N) is 1. The van der Waals surface area contributed by atoms with Crippen LogP contribution < -0.4 is 4.74 Å². The second-order valence-electron chi connectivity index (χ2n) is 3.76. The topological polar surface area (TPSA) is 22.1 Å². The summed E-state index contributed by atoms with van der Waals surface area (Å²) in [7, 11) is 0. The molecule has 0 aliphatic rings. The minimum Gasteiger partial charge on any atom is -0.439 e. The lowest BCUT2D eigenvalue weighted by molar-refractivity contribution is 0.460. The Labute approximate surface area is 114 Å². The first-order valence-electron chi connectivity index (χ1n) is 5.24. The van der Waals surface area contributed by atoms with Crippen LogP contribution in [0.2, 0.25) is 5.02 Å². The fourth-order valence-corrected chi connectivity index (χ4v) is 1.88. The lowest BCUT2D eigenvalue weighted by Gasteiger charge is -2.07. The Morgan fingerprint density at radius 3 is 2.78 bits per heavy atom. The summed E-state index contributed by atoms with van der Waals surface area (Å²) in [6.45, 7) is 1.67. The molecule has 1 heterocycles. The maximum Gasteiger partial charge on any atom is 0.219 e. The number of pyridine rings is 1. The van der Waals surface area contributed by atoms with Crippen molar-refractivity contribution < 1.29 is 9.13 Å². The average molecular weight is 286 g/mol. The molecule has 2 aromatic rings. The predicted octanol–water partition coefficient (Wildman–Crippen LogP) is 4.71. The monoisotopic (exact) mass is 285 g/mol.